The van der Waals surface area contributed by atoms with E-state index in [1.165, 1.54) is 41.4 Å². The quantitative estimate of drug-likeness (QED) is 0.389. The summed E-state index contributed by atoms with van der Waals surface area (Å²) < 4.78 is 33.0. The van der Waals surface area contributed by atoms with E-state index in [1.807, 2.05) is 18.2 Å². The highest BCUT2D eigenvalue weighted by molar-refractivity contribution is 7.16. The van der Waals surface area contributed by atoms with Crippen molar-refractivity contribution in [2.75, 3.05) is 23.7 Å². The van der Waals surface area contributed by atoms with Crippen molar-refractivity contribution < 1.29 is 23.1 Å². The monoisotopic (exact) mass is 496 g/mol. The van der Waals surface area contributed by atoms with Crippen molar-refractivity contribution in [2.24, 2.45) is 0 Å². The van der Waals surface area contributed by atoms with Gasteiger partial charge in [-0.05, 0) is 54.1 Å². The summed E-state index contributed by atoms with van der Waals surface area (Å²) in [6.45, 7) is 1.88. The smallest absolute Gasteiger partial charge is 0.414 e. The number of cyclic esters (lactones) is 1. The summed E-state index contributed by atoms with van der Waals surface area (Å²) in [5.74, 6) is -0.905. The van der Waals surface area contributed by atoms with Crippen LogP contribution >= 0.6 is 11.3 Å². The van der Waals surface area contributed by atoms with Gasteiger partial charge in [-0.25, -0.2) is 18.6 Å². The minimum atomic E-state index is -0.552. The van der Waals surface area contributed by atoms with Crippen LogP contribution in [-0.4, -0.2) is 36.2 Å². The SMILES string of the molecule is CC(=O)NCC1CN(c2ccc(-c3ccc4ncsc4c3)c(F)c2)C(=O)O1.Nc1cccc(F)c1. The van der Waals surface area contributed by atoms with E-state index >= 15 is 0 Å². The summed E-state index contributed by atoms with van der Waals surface area (Å²) in [5, 5.41) is 2.61. The number of hydrogen-bond acceptors (Lipinski definition) is 6. The number of amides is 2. The van der Waals surface area contributed by atoms with Gasteiger partial charge in [0.25, 0.3) is 0 Å². The number of nitrogen functional groups attached to an aromatic ring is 1. The van der Waals surface area contributed by atoms with Gasteiger partial charge in [0.05, 0.1) is 34.5 Å². The molecule has 0 saturated carbocycles. The van der Waals surface area contributed by atoms with Crippen molar-refractivity contribution in [2.45, 2.75) is 13.0 Å². The van der Waals surface area contributed by atoms with Gasteiger partial charge in [0.1, 0.15) is 17.7 Å². The molecule has 0 aliphatic carbocycles. The zero-order valence-electron chi connectivity index (χ0n) is 18.7. The average molecular weight is 497 g/mol. The van der Waals surface area contributed by atoms with Crippen LogP contribution in [0.15, 0.2) is 66.2 Å². The van der Waals surface area contributed by atoms with Gasteiger partial charge in [-0.15, -0.1) is 11.3 Å². The van der Waals surface area contributed by atoms with Crippen molar-refractivity contribution in [3.05, 3.63) is 77.8 Å². The van der Waals surface area contributed by atoms with Gasteiger partial charge < -0.3 is 15.8 Å². The number of nitrogens with zero attached hydrogens (tertiary/aromatic N) is 2. The number of nitrogens with one attached hydrogen (secondary N) is 1. The molecule has 0 bridgehead atoms. The number of thiazole rings is 1. The molecule has 5 rings (SSSR count). The molecule has 1 fully saturated rings. The third kappa shape index (κ3) is 5.90. The molecule has 1 unspecified atom stereocenters. The predicted octanol–water partition coefficient (Wildman–Crippen LogP) is 4.97. The number of hydrogen-bond donors (Lipinski definition) is 2. The first-order chi connectivity index (χ1) is 16.8. The van der Waals surface area contributed by atoms with E-state index in [4.69, 9.17) is 10.5 Å². The summed E-state index contributed by atoms with van der Waals surface area (Å²) >= 11 is 1.50. The third-order valence-electron chi connectivity index (χ3n) is 5.21. The molecule has 7 nitrogen and oxygen atoms in total. The number of aromatic nitrogens is 1. The Morgan fingerprint density at radius 3 is 2.71 bits per heavy atom. The maximum Gasteiger partial charge on any atom is 0.414 e. The van der Waals surface area contributed by atoms with Gasteiger partial charge in [0.2, 0.25) is 5.91 Å². The molecule has 1 aromatic heterocycles. The van der Waals surface area contributed by atoms with Crippen LogP contribution < -0.4 is 16.0 Å². The molecule has 4 aromatic rings. The Balaban J connectivity index is 0.000000308. The normalized spacial score (nSPS) is 14.9. The summed E-state index contributed by atoms with van der Waals surface area (Å²) in [5.41, 5.74) is 9.95. The van der Waals surface area contributed by atoms with Crippen LogP contribution in [0.3, 0.4) is 0 Å². The molecule has 3 aromatic carbocycles. The van der Waals surface area contributed by atoms with Gasteiger partial charge in [0, 0.05) is 18.2 Å². The number of anilines is 2. The van der Waals surface area contributed by atoms with E-state index in [9.17, 15) is 18.4 Å². The molecule has 2 amide bonds. The van der Waals surface area contributed by atoms with Crippen molar-refractivity contribution in [3.63, 3.8) is 0 Å². The number of nitrogens with two attached hydrogens (primary N) is 1. The zero-order chi connectivity index (χ0) is 24.9. The number of fused-ring (bicyclic) bond motifs is 1. The lowest BCUT2D eigenvalue weighted by Crippen LogP contribution is -2.33. The summed E-state index contributed by atoms with van der Waals surface area (Å²) in [6.07, 6.45) is -1.01. The lowest BCUT2D eigenvalue weighted by atomic mass is 10.0. The molecule has 3 N–H and O–H groups in total. The van der Waals surface area contributed by atoms with Crippen LogP contribution in [0, 0.1) is 11.6 Å². The molecular weight excluding hydrogens is 474 g/mol. The van der Waals surface area contributed by atoms with Crippen LogP contribution in [-0.2, 0) is 9.53 Å². The minimum Gasteiger partial charge on any atom is -0.442 e. The van der Waals surface area contributed by atoms with Gasteiger partial charge in [-0.2, -0.15) is 0 Å². The van der Waals surface area contributed by atoms with Crippen molar-refractivity contribution in [1.82, 2.24) is 10.3 Å². The molecule has 2 heterocycles. The van der Waals surface area contributed by atoms with Crippen LogP contribution in [0.2, 0.25) is 0 Å². The van der Waals surface area contributed by atoms with E-state index in [2.05, 4.69) is 10.3 Å². The lowest BCUT2D eigenvalue weighted by molar-refractivity contribution is -0.119. The maximum atomic E-state index is 14.7. The second-order valence-electron chi connectivity index (χ2n) is 7.81. The highest BCUT2D eigenvalue weighted by Crippen LogP contribution is 2.31. The number of ether oxygens (including phenoxy) is 1. The maximum absolute atomic E-state index is 14.7. The van der Waals surface area contributed by atoms with Crippen LogP contribution in [0.25, 0.3) is 21.3 Å². The Morgan fingerprint density at radius 2 is 2.03 bits per heavy atom. The molecule has 180 valence electrons. The van der Waals surface area contributed by atoms with Crippen molar-refractivity contribution >= 4 is 44.9 Å². The molecule has 1 aliphatic heterocycles. The van der Waals surface area contributed by atoms with Gasteiger partial charge in [-0.3, -0.25) is 9.69 Å². The van der Waals surface area contributed by atoms with E-state index < -0.39 is 18.0 Å². The third-order valence-corrected chi connectivity index (χ3v) is 6.00. The standard InChI is InChI=1S/C19H16FN3O3S.C6H6FN/c1-11(24)21-8-14-9-23(19(25)26-14)13-3-4-15(16(20)7-13)12-2-5-17-18(6-12)27-10-22-17;7-5-2-1-3-6(8)4-5/h2-7,10,14H,8-9H2,1H3,(H,21,24);1-4H,8H2. The Morgan fingerprint density at radius 1 is 1.20 bits per heavy atom. The molecule has 0 radical (unpaired) electrons. The fourth-order valence-electron chi connectivity index (χ4n) is 3.53. The first-order valence-corrected chi connectivity index (χ1v) is 11.5. The molecule has 0 spiro atoms. The zero-order valence-corrected chi connectivity index (χ0v) is 19.5. The van der Waals surface area contributed by atoms with E-state index in [-0.39, 0.29) is 24.8 Å². The fourth-order valence-corrected chi connectivity index (χ4v) is 4.25. The molecule has 35 heavy (non-hydrogen) atoms. The van der Waals surface area contributed by atoms with E-state index in [0.717, 1.165) is 15.8 Å². The van der Waals surface area contributed by atoms with Gasteiger partial charge in [-0.1, -0.05) is 12.1 Å². The van der Waals surface area contributed by atoms with Crippen LogP contribution in [0.4, 0.5) is 25.0 Å². The fraction of sp³-hybridized carbons (Fsp3) is 0.160. The van der Waals surface area contributed by atoms with Gasteiger partial charge in [0.15, 0.2) is 0 Å². The Kier molecular flexibility index (Phi) is 7.21. The number of carbonyl (C=O) groups excluding carboxylic acids is 2. The molecular formula is C25H22F2N4O3S. The largest absolute Gasteiger partial charge is 0.442 e. The van der Waals surface area contributed by atoms with E-state index in [1.54, 1.807) is 29.8 Å². The number of rotatable bonds is 4. The Hall–Kier alpha value is -4.05. The Labute approximate surface area is 204 Å². The molecule has 10 heteroatoms. The summed E-state index contributed by atoms with van der Waals surface area (Å²) in [7, 11) is 0. The van der Waals surface area contributed by atoms with E-state index in [0.29, 0.717) is 16.9 Å². The lowest BCUT2D eigenvalue weighted by Gasteiger charge is -2.14. The average Bonchev–Trinajstić information content (AvgIpc) is 3.43. The first-order valence-electron chi connectivity index (χ1n) is 10.7. The van der Waals surface area contributed by atoms with Crippen molar-refractivity contribution in [1.29, 1.82) is 0 Å². The highest BCUT2D eigenvalue weighted by Gasteiger charge is 2.32. The predicted molar refractivity (Wildman–Crippen MR) is 132 cm³/mol. The summed E-state index contributed by atoms with van der Waals surface area (Å²) in [6, 6.07) is 16.1. The number of benzene rings is 3. The minimum absolute atomic E-state index is 0.196. The Bertz CT molecular complexity index is 1360. The first kappa shape index (κ1) is 24.1. The number of carbonyl (C=O) groups is 2. The number of halogens is 2. The van der Waals surface area contributed by atoms with Crippen molar-refractivity contribution in [3.8, 4) is 11.1 Å². The van der Waals surface area contributed by atoms with Crippen LogP contribution in [0.5, 0.6) is 0 Å². The summed E-state index contributed by atoms with van der Waals surface area (Å²) in [4.78, 5) is 28.7. The van der Waals surface area contributed by atoms with Crippen LogP contribution in [0.1, 0.15) is 6.92 Å². The van der Waals surface area contributed by atoms with Gasteiger partial charge >= 0.3 is 6.09 Å². The second kappa shape index (κ2) is 10.5. The highest BCUT2D eigenvalue weighted by atomic mass is 32.1. The molecule has 1 saturated heterocycles. The topological polar surface area (TPSA) is 97.5 Å². The molecule has 1 atom stereocenters. The second-order valence-corrected chi connectivity index (χ2v) is 8.69. The molecule has 1 aliphatic rings.